The molecule has 1 unspecified atom stereocenters. The number of hydrogen-bond acceptors (Lipinski definition) is 2. The van der Waals surface area contributed by atoms with E-state index in [0.717, 1.165) is 12.8 Å². The van der Waals surface area contributed by atoms with Gasteiger partial charge in [0.1, 0.15) is 0 Å². The largest absolute Gasteiger partial charge is 0.353 e. The summed E-state index contributed by atoms with van der Waals surface area (Å²) in [6.07, 6.45) is 7.05. The van der Waals surface area contributed by atoms with Crippen molar-refractivity contribution in [2.45, 2.75) is 58.4 Å². The van der Waals surface area contributed by atoms with Crippen molar-refractivity contribution in [3.05, 3.63) is 0 Å². The van der Waals surface area contributed by atoms with Gasteiger partial charge in [-0.1, -0.05) is 19.8 Å². The Kier molecular flexibility index (Phi) is 5.81. The van der Waals surface area contributed by atoms with Gasteiger partial charge in [0.15, 0.2) is 0 Å². The van der Waals surface area contributed by atoms with Crippen LogP contribution in [0.3, 0.4) is 0 Å². The molecule has 1 amide bonds. The molecule has 1 fully saturated rings. The summed E-state index contributed by atoms with van der Waals surface area (Å²) in [5, 5.41) is 3.15. The molecule has 16 heavy (non-hydrogen) atoms. The second kappa shape index (κ2) is 6.89. The fourth-order valence-electron chi connectivity index (χ4n) is 2.50. The molecule has 3 heteroatoms. The topological polar surface area (TPSA) is 55.1 Å². The highest BCUT2D eigenvalue weighted by Crippen LogP contribution is 2.27. The molecule has 3 nitrogen and oxygen atoms in total. The van der Waals surface area contributed by atoms with E-state index < -0.39 is 0 Å². The van der Waals surface area contributed by atoms with E-state index in [1.165, 1.54) is 25.7 Å². The molecule has 3 N–H and O–H groups in total. The molecular weight excluding hydrogens is 200 g/mol. The van der Waals surface area contributed by atoms with Crippen molar-refractivity contribution < 1.29 is 4.79 Å². The first kappa shape index (κ1) is 13.5. The summed E-state index contributed by atoms with van der Waals surface area (Å²) in [5.41, 5.74) is 5.45. The highest BCUT2D eigenvalue weighted by molar-refractivity contribution is 5.78. The second-order valence-electron chi connectivity index (χ2n) is 5.17. The summed E-state index contributed by atoms with van der Waals surface area (Å²) < 4.78 is 0. The Balaban J connectivity index is 2.26. The minimum Gasteiger partial charge on any atom is -0.353 e. The number of nitrogens with one attached hydrogen (secondary N) is 1. The number of carbonyl (C=O) groups is 1. The molecule has 94 valence electrons. The summed E-state index contributed by atoms with van der Waals surface area (Å²) in [4.78, 5) is 11.9. The minimum atomic E-state index is 0.104. The zero-order valence-corrected chi connectivity index (χ0v) is 10.7. The Morgan fingerprint density at radius 2 is 2.00 bits per heavy atom. The quantitative estimate of drug-likeness (QED) is 0.728. The summed E-state index contributed by atoms with van der Waals surface area (Å²) in [6, 6.07) is 0.343. The van der Waals surface area contributed by atoms with Crippen molar-refractivity contribution in [3.63, 3.8) is 0 Å². The lowest BCUT2D eigenvalue weighted by Crippen LogP contribution is -2.40. The SMILES string of the molecule is CC(CCCN)C(=O)N[C@H](C)C1CCCC1. The van der Waals surface area contributed by atoms with Crippen LogP contribution >= 0.6 is 0 Å². The van der Waals surface area contributed by atoms with Crippen LogP contribution in [0, 0.1) is 11.8 Å². The average molecular weight is 226 g/mol. The first-order valence-corrected chi connectivity index (χ1v) is 6.65. The molecule has 1 rings (SSSR count). The molecule has 1 saturated carbocycles. The fraction of sp³-hybridized carbons (Fsp3) is 0.923. The van der Waals surface area contributed by atoms with Crippen LogP contribution in [0.2, 0.25) is 0 Å². The lowest BCUT2D eigenvalue weighted by molar-refractivity contribution is -0.125. The van der Waals surface area contributed by atoms with Gasteiger partial charge in [-0.25, -0.2) is 0 Å². The maximum Gasteiger partial charge on any atom is 0.223 e. The van der Waals surface area contributed by atoms with Crippen LogP contribution in [-0.4, -0.2) is 18.5 Å². The van der Waals surface area contributed by atoms with Gasteiger partial charge < -0.3 is 11.1 Å². The van der Waals surface area contributed by atoms with Gasteiger partial charge in [-0.15, -0.1) is 0 Å². The minimum absolute atomic E-state index is 0.104. The lowest BCUT2D eigenvalue weighted by atomic mass is 9.98. The maximum absolute atomic E-state index is 11.9. The molecule has 0 radical (unpaired) electrons. The van der Waals surface area contributed by atoms with E-state index in [9.17, 15) is 4.79 Å². The predicted octanol–water partition coefficient (Wildman–Crippen LogP) is 2.06. The van der Waals surface area contributed by atoms with Crippen molar-refractivity contribution in [3.8, 4) is 0 Å². The predicted molar refractivity (Wildman–Crippen MR) is 67.0 cm³/mol. The Labute approximate surface area is 99.2 Å². The monoisotopic (exact) mass is 226 g/mol. The van der Waals surface area contributed by atoms with Crippen LogP contribution in [0.4, 0.5) is 0 Å². The van der Waals surface area contributed by atoms with Crippen LogP contribution in [0.1, 0.15) is 52.4 Å². The van der Waals surface area contributed by atoms with Crippen molar-refractivity contribution >= 4 is 5.91 Å². The Morgan fingerprint density at radius 1 is 1.38 bits per heavy atom. The van der Waals surface area contributed by atoms with E-state index in [2.05, 4.69) is 12.2 Å². The number of amides is 1. The van der Waals surface area contributed by atoms with Gasteiger partial charge in [0.2, 0.25) is 5.91 Å². The number of hydrogen-bond donors (Lipinski definition) is 2. The van der Waals surface area contributed by atoms with E-state index in [-0.39, 0.29) is 11.8 Å². The van der Waals surface area contributed by atoms with Crippen molar-refractivity contribution in [2.24, 2.45) is 17.6 Å². The van der Waals surface area contributed by atoms with Crippen LogP contribution < -0.4 is 11.1 Å². The molecule has 2 atom stereocenters. The highest BCUT2D eigenvalue weighted by Gasteiger charge is 2.24. The standard InChI is InChI=1S/C13H26N2O/c1-10(6-5-9-14)13(16)15-11(2)12-7-3-4-8-12/h10-12H,3-9,14H2,1-2H3,(H,15,16)/t10?,11-/m1/s1. The first-order chi connectivity index (χ1) is 7.65. The van der Waals surface area contributed by atoms with Crippen LogP contribution in [0.15, 0.2) is 0 Å². The highest BCUT2D eigenvalue weighted by atomic mass is 16.1. The van der Waals surface area contributed by atoms with Gasteiger partial charge >= 0.3 is 0 Å². The zero-order chi connectivity index (χ0) is 12.0. The van der Waals surface area contributed by atoms with Gasteiger partial charge in [0.25, 0.3) is 0 Å². The third kappa shape index (κ3) is 4.12. The van der Waals surface area contributed by atoms with Gasteiger partial charge in [-0.05, 0) is 45.1 Å². The van der Waals surface area contributed by atoms with Gasteiger partial charge in [-0.2, -0.15) is 0 Å². The lowest BCUT2D eigenvalue weighted by Gasteiger charge is -2.22. The fourth-order valence-corrected chi connectivity index (χ4v) is 2.50. The first-order valence-electron chi connectivity index (χ1n) is 6.65. The van der Waals surface area contributed by atoms with Gasteiger partial charge in [-0.3, -0.25) is 4.79 Å². The van der Waals surface area contributed by atoms with Crippen molar-refractivity contribution in [2.75, 3.05) is 6.54 Å². The van der Waals surface area contributed by atoms with E-state index in [4.69, 9.17) is 5.73 Å². The summed E-state index contributed by atoms with van der Waals surface area (Å²) in [7, 11) is 0. The summed E-state index contributed by atoms with van der Waals surface area (Å²) in [5.74, 6) is 1.01. The van der Waals surface area contributed by atoms with Crippen LogP contribution in [0.25, 0.3) is 0 Å². The Bertz CT molecular complexity index is 212. The Morgan fingerprint density at radius 3 is 2.56 bits per heavy atom. The molecular formula is C13H26N2O. The van der Waals surface area contributed by atoms with E-state index in [0.29, 0.717) is 18.5 Å². The number of carbonyl (C=O) groups excluding carboxylic acids is 1. The molecule has 0 spiro atoms. The molecule has 0 heterocycles. The molecule has 1 aliphatic rings. The molecule has 1 aliphatic carbocycles. The third-order valence-electron chi connectivity index (χ3n) is 3.77. The maximum atomic E-state index is 11.9. The van der Waals surface area contributed by atoms with E-state index >= 15 is 0 Å². The number of rotatable bonds is 6. The Hall–Kier alpha value is -0.570. The van der Waals surface area contributed by atoms with Crippen molar-refractivity contribution in [1.82, 2.24) is 5.32 Å². The van der Waals surface area contributed by atoms with Crippen molar-refractivity contribution in [1.29, 1.82) is 0 Å². The van der Waals surface area contributed by atoms with Gasteiger partial charge in [0, 0.05) is 12.0 Å². The zero-order valence-electron chi connectivity index (χ0n) is 10.7. The molecule has 0 aromatic heterocycles. The van der Waals surface area contributed by atoms with Gasteiger partial charge in [0.05, 0.1) is 0 Å². The normalized spacial score (nSPS) is 20.7. The van der Waals surface area contributed by atoms with E-state index in [1.54, 1.807) is 0 Å². The second-order valence-corrected chi connectivity index (χ2v) is 5.17. The summed E-state index contributed by atoms with van der Waals surface area (Å²) in [6.45, 7) is 4.81. The molecule has 0 saturated heterocycles. The molecule has 0 bridgehead atoms. The number of nitrogens with two attached hydrogens (primary N) is 1. The van der Waals surface area contributed by atoms with Crippen LogP contribution in [-0.2, 0) is 4.79 Å². The smallest absolute Gasteiger partial charge is 0.223 e. The van der Waals surface area contributed by atoms with Crippen LogP contribution in [0.5, 0.6) is 0 Å². The average Bonchev–Trinajstić information content (AvgIpc) is 2.79. The molecule has 0 aromatic carbocycles. The van der Waals surface area contributed by atoms with E-state index in [1.807, 2.05) is 6.92 Å². The molecule has 0 aromatic rings. The third-order valence-corrected chi connectivity index (χ3v) is 3.77. The molecule has 0 aliphatic heterocycles. The summed E-state index contributed by atoms with van der Waals surface area (Å²) >= 11 is 0.